The lowest BCUT2D eigenvalue weighted by molar-refractivity contribution is -0.145. The number of hydrogen-bond acceptors (Lipinski definition) is 4. The summed E-state index contributed by atoms with van der Waals surface area (Å²) in [6, 6.07) is 3.46. The molecule has 114 valence electrons. The van der Waals surface area contributed by atoms with E-state index in [2.05, 4.69) is 4.98 Å². The monoisotopic (exact) mass is 311 g/mol. The first-order valence-electron chi connectivity index (χ1n) is 6.80. The van der Waals surface area contributed by atoms with Crippen molar-refractivity contribution in [1.82, 2.24) is 9.88 Å². The first kappa shape index (κ1) is 15.6. The molecule has 1 saturated heterocycles. The highest BCUT2D eigenvalue weighted by Gasteiger charge is 2.28. The van der Waals surface area contributed by atoms with E-state index < -0.39 is 11.9 Å². The number of piperidine rings is 1. The van der Waals surface area contributed by atoms with Crippen LogP contribution in [0.5, 0.6) is 0 Å². The minimum absolute atomic E-state index is 0.0831. The molecule has 2 rings (SSSR count). The van der Waals surface area contributed by atoms with Gasteiger partial charge in [-0.1, -0.05) is 11.6 Å². The summed E-state index contributed by atoms with van der Waals surface area (Å²) in [7, 11) is 1.77. The second-order valence-corrected chi connectivity index (χ2v) is 5.64. The number of carbonyl (C=O) groups excluding carboxylic acids is 1. The Bertz CT molecular complexity index is 521. The summed E-state index contributed by atoms with van der Waals surface area (Å²) in [4.78, 5) is 30.8. The number of carbonyl (C=O) groups is 2. The number of nitrogens with zero attached hydrogens (tertiary/aromatic N) is 3. The van der Waals surface area contributed by atoms with Crippen LogP contribution >= 0.6 is 11.6 Å². The summed E-state index contributed by atoms with van der Waals surface area (Å²) < 4.78 is 0. The number of hydrogen-bond donors (Lipinski definition) is 1. The predicted octanol–water partition coefficient (Wildman–Crippen LogP) is 1.49. The zero-order valence-electron chi connectivity index (χ0n) is 11.8. The van der Waals surface area contributed by atoms with E-state index in [0.717, 1.165) is 6.42 Å². The van der Waals surface area contributed by atoms with Crippen LogP contribution in [0.2, 0.25) is 5.02 Å². The Morgan fingerprint density at radius 2 is 2.29 bits per heavy atom. The molecule has 1 atom stereocenters. The SMILES string of the molecule is CN(CC(=O)N1CCC[C@H](C(=O)O)C1)c1ccc(Cl)cn1. The van der Waals surface area contributed by atoms with Crippen LogP contribution in [0.4, 0.5) is 5.82 Å². The zero-order valence-corrected chi connectivity index (χ0v) is 12.6. The molecular weight excluding hydrogens is 294 g/mol. The maximum absolute atomic E-state index is 12.3. The average Bonchev–Trinajstić information content (AvgIpc) is 2.48. The van der Waals surface area contributed by atoms with Crippen molar-refractivity contribution in [2.45, 2.75) is 12.8 Å². The first-order valence-corrected chi connectivity index (χ1v) is 7.18. The van der Waals surface area contributed by atoms with Gasteiger partial charge in [0.1, 0.15) is 5.82 Å². The van der Waals surface area contributed by atoms with Gasteiger partial charge in [0.25, 0.3) is 0 Å². The van der Waals surface area contributed by atoms with Crippen LogP contribution in [-0.2, 0) is 9.59 Å². The maximum atomic E-state index is 12.3. The summed E-state index contributed by atoms with van der Waals surface area (Å²) in [6.07, 6.45) is 2.89. The summed E-state index contributed by atoms with van der Waals surface area (Å²) in [6.45, 7) is 1.07. The van der Waals surface area contributed by atoms with Gasteiger partial charge in [-0.2, -0.15) is 0 Å². The van der Waals surface area contributed by atoms with E-state index >= 15 is 0 Å². The molecule has 1 amide bonds. The smallest absolute Gasteiger partial charge is 0.308 e. The lowest BCUT2D eigenvalue weighted by atomic mass is 9.98. The van der Waals surface area contributed by atoms with Crippen molar-refractivity contribution in [2.24, 2.45) is 5.92 Å². The van der Waals surface area contributed by atoms with E-state index in [1.165, 1.54) is 6.20 Å². The van der Waals surface area contributed by atoms with Crippen molar-refractivity contribution in [3.8, 4) is 0 Å². The second kappa shape index (κ2) is 6.76. The van der Waals surface area contributed by atoms with Crippen molar-refractivity contribution in [2.75, 3.05) is 31.6 Å². The zero-order chi connectivity index (χ0) is 15.4. The minimum atomic E-state index is -0.833. The lowest BCUT2D eigenvalue weighted by Crippen LogP contribution is -2.46. The largest absolute Gasteiger partial charge is 0.481 e. The van der Waals surface area contributed by atoms with Gasteiger partial charge in [0.05, 0.1) is 17.5 Å². The van der Waals surface area contributed by atoms with Crippen molar-refractivity contribution in [3.05, 3.63) is 23.4 Å². The standard InChI is InChI=1S/C14H18ClN3O3/c1-17(12-5-4-11(15)7-16-12)9-13(19)18-6-2-3-10(8-18)14(20)21/h4-5,7,10H,2-3,6,8-9H2,1H3,(H,20,21)/t10-/m0/s1. The fourth-order valence-corrected chi connectivity index (χ4v) is 2.49. The highest BCUT2D eigenvalue weighted by molar-refractivity contribution is 6.30. The highest BCUT2D eigenvalue weighted by Crippen LogP contribution is 2.18. The Kier molecular flexibility index (Phi) is 5.01. The van der Waals surface area contributed by atoms with Gasteiger partial charge in [-0.3, -0.25) is 9.59 Å². The van der Waals surface area contributed by atoms with E-state index in [1.54, 1.807) is 29.0 Å². The van der Waals surface area contributed by atoms with Gasteiger partial charge in [-0.05, 0) is 25.0 Å². The Morgan fingerprint density at radius 1 is 1.52 bits per heavy atom. The third-order valence-corrected chi connectivity index (χ3v) is 3.82. The molecule has 1 aromatic heterocycles. The molecule has 1 fully saturated rings. The number of likely N-dealkylation sites (N-methyl/N-ethyl adjacent to an activating group) is 1. The van der Waals surface area contributed by atoms with E-state index in [-0.39, 0.29) is 19.0 Å². The Labute approximate surface area is 128 Å². The topological polar surface area (TPSA) is 73.7 Å². The number of halogens is 1. The van der Waals surface area contributed by atoms with Crippen molar-refractivity contribution in [3.63, 3.8) is 0 Å². The number of aromatic nitrogens is 1. The van der Waals surface area contributed by atoms with Crippen LogP contribution in [-0.4, -0.2) is 53.5 Å². The fraction of sp³-hybridized carbons (Fsp3) is 0.500. The highest BCUT2D eigenvalue weighted by atomic mass is 35.5. The van der Waals surface area contributed by atoms with Gasteiger partial charge >= 0.3 is 5.97 Å². The van der Waals surface area contributed by atoms with Crippen LogP contribution in [0.1, 0.15) is 12.8 Å². The van der Waals surface area contributed by atoms with Crippen LogP contribution in [0.15, 0.2) is 18.3 Å². The van der Waals surface area contributed by atoms with Gasteiger partial charge in [0.2, 0.25) is 5.91 Å². The molecule has 0 aromatic carbocycles. The molecule has 21 heavy (non-hydrogen) atoms. The molecular formula is C14H18ClN3O3. The summed E-state index contributed by atoms with van der Waals surface area (Å²) in [5.41, 5.74) is 0. The Morgan fingerprint density at radius 3 is 2.90 bits per heavy atom. The number of pyridine rings is 1. The van der Waals surface area contributed by atoms with E-state index in [1.807, 2.05) is 0 Å². The van der Waals surface area contributed by atoms with E-state index in [0.29, 0.717) is 23.8 Å². The number of carboxylic acids is 1. The molecule has 6 nitrogen and oxygen atoms in total. The number of aliphatic carboxylic acids is 1. The number of likely N-dealkylation sites (tertiary alicyclic amines) is 1. The van der Waals surface area contributed by atoms with Crippen LogP contribution in [0.3, 0.4) is 0 Å². The first-order chi connectivity index (χ1) is 9.97. The second-order valence-electron chi connectivity index (χ2n) is 5.21. The lowest BCUT2D eigenvalue weighted by Gasteiger charge is -2.32. The van der Waals surface area contributed by atoms with Crippen LogP contribution in [0, 0.1) is 5.92 Å². The van der Waals surface area contributed by atoms with Crippen molar-refractivity contribution in [1.29, 1.82) is 0 Å². The van der Waals surface area contributed by atoms with E-state index in [4.69, 9.17) is 16.7 Å². The number of amides is 1. The quantitative estimate of drug-likeness (QED) is 0.912. The van der Waals surface area contributed by atoms with Crippen molar-refractivity contribution < 1.29 is 14.7 Å². The molecule has 2 heterocycles. The Balaban J connectivity index is 1.94. The summed E-state index contributed by atoms with van der Waals surface area (Å²) >= 11 is 5.78. The molecule has 1 aromatic rings. The summed E-state index contributed by atoms with van der Waals surface area (Å²) in [5, 5.41) is 9.59. The predicted molar refractivity (Wildman–Crippen MR) is 79.5 cm³/mol. The van der Waals surface area contributed by atoms with Crippen LogP contribution < -0.4 is 4.90 Å². The third-order valence-electron chi connectivity index (χ3n) is 3.60. The minimum Gasteiger partial charge on any atom is -0.481 e. The average molecular weight is 312 g/mol. The van der Waals surface area contributed by atoms with Gasteiger partial charge < -0.3 is 14.9 Å². The van der Waals surface area contributed by atoms with Crippen LogP contribution in [0.25, 0.3) is 0 Å². The molecule has 0 radical (unpaired) electrons. The molecule has 1 N–H and O–H groups in total. The molecule has 0 unspecified atom stereocenters. The van der Waals surface area contributed by atoms with Gasteiger partial charge in [0.15, 0.2) is 0 Å². The number of carboxylic acid groups (broad SMARTS) is 1. The Hall–Kier alpha value is -1.82. The molecule has 0 spiro atoms. The third kappa shape index (κ3) is 4.07. The molecule has 1 aliphatic heterocycles. The molecule has 1 aliphatic rings. The number of rotatable bonds is 4. The van der Waals surface area contributed by atoms with Gasteiger partial charge in [-0.25, -0.2) is 4.98 Å². The summed E-state index contributed by atoms with van der Waals surface area (Å²) in [5.74, 6) is -0.721. The fourth-order valence-electron chi connectivity index (χ4n) is 2.38. The number of anilines is 1. The van der Waals surface area contributed by atoms with E-state index in [9.17, 15) is 9.59 Å². The molecule has 0 bridgehead atoms. The molecule has 0 aliphatic carbocycles. The molecule has 0 saturated carbocycles. The normalized spacial score (nSPS) is 18.4. The van der Waals surface area contributed by atoms with Crippen molar-refractivity contribution >= 4 is 29.3 Å². The van der Waals surface area contributed by atoms with Gasteiger partial charge in [-0.15, -0.1) is 0 Å². The molecule has 7 heteroatoms. The maximum Gasteiger partial charge on any atom is 0.308 e. The van der Waals surface area contributed by atoms with Gasteiger partial charge in [0, 0.05) is 26.3 Å².